The molecule has 1 N–H and O–H groups in total. The van der Waals surface area contributed by atoms with Crippen LogP contribution < -0.4 is 5.32 Å². The molecule has 1 aromatic carbocycles. The van der Waals surface area contributed by atoms with Crippen molar-refractivity contribution in [3.8, 4) is 0 Å². The Hall–Kier alpha value is -2.70. The topological polar surface area (TPSA) is 77.6 Å². The number of rotatable bonds is 3. The van der Waals surface area contributed by atoms with Crippen molar-refractivity contribution in [3.63, 3.8) is 0 Å². The van der Waals surface area contributed by atoms with Crippen LogP contribution in [0.15, 0.2) is 18.2 Å². The summed E-state index contributed by atoms with van der Waals surface area (Å²) in [5.41, 5.74) is 2.47. The predicted molar refractivity (Wildman–Crippen MR) is 94.2 cm³/mol. The Balaban J connectivity index is 1.50. The van der Waals surface area contributed by atoms with E-state index in [2.05, 4.69) is 25.1 Å². The molecule has 0 fully saturated rings. The molecule has 0 unspecified atom stereocenters. The molecule has 1 amide bonds. The van der Waals surface area contributed by atoms with E-state index < -0.39 is 0 Å². The van der Waals surface area contributed by atoms with Crippen LogP contribution in [0.5, 0.6) is 0 Å². The summed E-state index contributed by atoms with van der Waals surface area (Å²) in [6.07, 6.45) is 4.49. The van der Waals surface area contributed by atoms with Crippen LogP contribution in [0.1, 0.15) is 47.1 Å². The summed E-state index contributed by atoms with van der Waals surface area (Å²) in [7, 11) is 1.97. The van der Waals surface area contributed by atoms with Crippen LogP contribution in [0.25, 0.3) is 11.0 Å². The Morgan fingerprint density at radius 3 is 3.00 bits per heavy atom. The van der Waals surface area contributed by atoms with Gasteiger partial charge in [-0.05, 0) is 38.0 Å². The molecule has 7 heteroatoms. The molecule has 1 aliphatic heterocycles. The van der Waals surface area contributed by atoms with Crippen molar-refractivity contribution in [1.29, 1.82) is 0 Å². The molecule has 0 radical (unpaired) electrons. The first-order chi connectivity index (χ1) is 12.1. The van der Waals surface area contributed by atoms with E-state index >= 15 is 0 Å². The highest BCUT2D eigenvalue weighted by molar-refractivity contribution is 5.97. The molecule has 0 bridgehead atoms. The Labute approximate surface area is 146 Å². The van der Waals surface area contributed by atoms with Crippen molar-refractivity contribution in [2.24, 2.45) is 7.05 Å². The van der Waals surface area contributed by atoms with Gasteiger partial charge in [-0.2, -0.15) is 0 Å². The van der Waals surface area contributed by atoms with E-state index in [1.54, 1.807) is 0 Å². The monoisotopic (exact) mass is 338 g/mol. The van der Waals surface area contributed by atoms with Crippen LogP contribution in [-0.2, 0) is 26.6 Å². The highest BCUT2D eigenvalue weighted by atomic mass is 16.1. The lowest BCUT2D eigenvalue weighted by molar-refractivity contribution is 0.0949. The summed E-state index contributed by atoms with van der Waals surface area (Å²) in [5, 5.41) is 11.5. The van der Waals surface area contributed by atoms with Gasteiger partial charge in [0.25, 0.3) is 5.91 Å². The van der Waals surface area contributed by atoms with Gasteiger partial charge in [0.05, 0.1) is 17.6 Å². The number of amides is 1. The molecular weight excluding hydrogens is 316 g/mol. The average Bonchev–Trinajstić information content (AvgIpc) is 3.02. The smallest absolute Gasteiger partial charge is 0.251 e. The number of carbonyl (C=O) groups is 1. The first-order valence-electron chi connectivity index (χ1n) is 8.76. The molecular formula is C18H22N6O. The number of imidazole rings is 1. The lowest BCUT2D eigenvalue weighted by Gasteiger charge is -2.08. The van der Waals surface area contributed by atoms with E-state index in [0.717, 1.165) is 54.3 Å². The van der Waals surface area contributed by atoms with Crippen LogP contribution >= 0.6 is 0 Å². The number of carbonyl (C=O) groups excluding carboxylic acids is 1. The van der Waals surface area contributed by atoms with Crippen molar-refractivity contribution in [2.75, 3.05) is 0 Å². The molecule has 4 rings (SSSR count). The number of hydrogen-bond donors (Lipinski definition) is 1. The van der Waals surface area contributed by atoms with E-state index in [1.807, 2.05) is 36.7 Å². The highest BCUT2D eigenvalue weighted by Gasteiger charge is 2.16. The Morgan fingerprint density at radius 2 is 2.12 bits per heavy atom. The van der Waals surface area contributed by atoms with Gasteiger partial charge in [-0.3, -0.25) is 4.79 Å². The Morgan fingerprint density at radius 1 is 1.24 bits per heavy atom. The van der Waals surface area contributed by atoms with Crippen LogP contribution in [-0.4, -0.2) is 30.2 Å². The quantitative estimate of drug-likeness (QED) is 0.793. The largest absolute Gasteiger partial charge is 0.345 e. The number of aryl methyl sites for hydroxylation is 3. The number of fused-ring (bicyclic) bond motifs is 2. The Bertz CT molecular complexity index is 939. The summed E-state index contributed by atoms with van der Waals surface area (Å²) in [5.74, 6) is 2.68. The fourth-order valence-corrected chi connectivity index (χ4v) is 3.40. The van der Waals surface area contributed by atoms with E-state index in [4.69, 9.17) is 0 Å². The molecule has 0 spiro atoms. The van der Waals surface area contributed by atoms with Gasteiger partial charge in [0.1, 0.15) is 11.6 Å². The van der Waals surface area contributed by atoms with Crippen LogP contribution in [0.4, 0.5) is 0 Å². The maximum atomic E-state index is 12.5. The third-order valence-corrected chi connectivity index (χ3v) is 4.96. The third-order valence-electron chi connectivity index (χ3n) is 4.96. The molecule has 1 aliphatic rings. The second-order valence-electron chi connectivity index (χ2n) is 6.60. The molecule has 25 heavy (non-hydrogen) atoms. The minimum atomic E-state index is -0.115. The van der Waals surface area contributed by atoms with E-state index in [0.29, 0.717) is 12.1 Å². The minimum Gasteiger partial charge on any atom is -0.345 e. The van der Waals surface area contributed by atoms with Gasteiger partial charge in [-0.15, -0.1) is 10.2 Å². The molecule has 3 aromatic rings. The number of benzene rings is 1. The van der Waals surface area contributed by atoms with Gasteiger partial charge < -0.3 is 14.5 Å². The first kappa shape index (κ1) is 15.8. The summed E-state index contributed by atoms with van der Waals surface area (Å²) in [6, 6.07) is 5.61. The first-order valence-corrected chi connectivity index (χ1v) is 8.76. The van der Waals surface area contributed by atoms with Gasteiger partial charge in [-0.25, -0.2) is 4.98 Å². The SMILES string of the molecule is Cc1nc2cc(C(=O)NCc3nnc4n3CCCCC4)ccc2n1C. The zero-order valence-electron chi connectivity index (χ0n) is 14.6. The summed E-state index contributed by atoms with van der Waals surface area (Å²) < 4.78 is 4.17. The second kappa shape index (κ2) is 6.31. The predicted octanol–water partition coefficient (Wildman–Crippen LogP) is 2.13. The molecule has 0 aliphatic carbocycles. The number of nitrogens with zero attached hydrogens (tertiary/aromatic N) is 5. The molecule has 0 atom stereocenters. The fraction of sp³-hybridized carbons (Fsp3) is 0.444. The van der Waals surface area contributed by atoms with Gasteiger partial charge in [-0.1, -0.05) is 6.42 Å². The van der Waals surface area contributed by atoms with Gasteiger partial charge in [0, 0.05) is 25.6 Å². The normalized spacial score (nSPS) is 14.3. The van der Waals surface area contributed by atoms with Gasteiger partial charge >= 0.3 is 0 Å². The summed E-state index contributed by atoms with van der Waals surface area (Å²) in [4.78, 5) is 17.0. The van der Waals surface area contributed by atoms with E-state index in [1.165, 1.54) is 6.42 Å². The minimum absolute atomic E-state index is 0.115. The molecule has 7 nitrogen and oxygen atoms in total. The van der Waals surface area contributed by atoms with Crippen molar-refractivity contribution >= 4 is 16.9 Å². The molecule has 130 valence electrons. The molecule has 0 saturated heterocycles. The Kier molecular flexibility index (Phi) is 3.99. The van der Waals surface area contributed by atoms with E-state index in [9.17, 15) is 4.79 Å². The van der Waals surface area contributed by atoms with Crippen molar-refractivity contribution in [2.45, 2.75) is 45.7 Å². The molecule has 2 aromatic heterocycles. The zero-order chi connectivity index (χ0) is 17.4. The fourth-order valence-electron chi connectivity index (χ4n) is 3.40. The highest BCUT2D eigenvalue weighted by Crippen LogP contribution is 2.17. The zero-order valence-corrected chi connectivity index (χ0v) is 14.6. The van der Waals surface area contributed by atoms with Crippen molar-refractivity contribution in [1.82, 2.24) is 29.6 Å². The van der Waals surface area contributed by atoms with Gasteiger partial charge in [0.2, 0.25) is 0 Å². The van der Waals surface area contributed by atoms with Crippen LogP contribution in [0, 0.1) is 6.92 Å². The van der Waals surface area contributed by atoms with Crippen molar-refractivity contribution < 1.29 is 4.79 Å². The average molecular weight is 338 g/mol. The molecule has 3 heterocycles. The van der Waals surface area contributed by atoms with E-state index in [-0.39, 0.29) is 5.91 Å². The van der Waals surface area contributed by atoms with Gasteiger partial charge in [0.15, 0.2) is 5.82 Å². The van der Waals surface area contributed by atoms with Crippen LogP contribution in [0.3, 0.4) is 0 Å². The number of hydrogen-bond acceptors (Lipinski definition) is 4. The maximum Gasteiger partial charge on any atom is 0.251 e. The lowest BCUT2D eigenvalue weighted by atomic mass is 10.2. The maximum absolute atomic E-state index is 12.5. The van der Waals surface area contributed by atoms with Crippen molar-refractivity contribution in [3.05, 3.63) is 41.2 Å². The third kappa shape index (κ3) is 2.90. The number of aromatic nitrogens is 5. The van der Waals surface area contributed by atoms with Crippen LogP contribution in [0.2, 0.25) is 0 Å². The lowest BCUT2D eigenvalue weighted by Crippen LogP contribution is -2.25. The summed E-state index contributed by atoms with van der Waals surface area (Å²) in [6.45, 7) is 3.29. The number of nitrogens with one attached hydrogen (secondary N) is 1. The second-order valence-corrected chi connectivity index (χ2v) is 6.60. The summed E-state index contributed by atoms with van der Waals surface area (Å²) >= 11 is 0. The standard InChI is InChI=1S/C18H22N6O/c1-12-20-14-10-13(7-8-15(14)23(12)2)18(25)19-11-17-22-21-16-6-4-3-5-9-24(16)17/h7-8,10H,3-6,9,11H2,1-2H3,(H,19,25). The molecule has 0 saturated carbocycles.